The quantitative estimate of drug-likeness (QED) is 0.521. The van der Waals surface area contributed by atoms with Crippen LogP contribution in [0.5, 0.6) is 5.75 Å². The molecule has 0 aliphatic rings. The van der Waals surface area contributed by atoms with Crippen molar-refractivity contribution in [1.29, 1.82) is 0 Å². The minimum atomic E-state index is -1.43. The summed E-state index contributed by atoms with van der Waals surface area (Å²) in [5.74, 6) is 0.703. The van der Waals surface area contributed by atoms with Gasteiger partial charge >= 0.3 is 7.12 Å². The number of hydrogen-bond donors (Lipinski definition) is 2. The van der Waals surface area contributed by atoms with Gasteiger partial charge in [0.25, 0.3) is 0 Å². The van der Waals surface area contributed by atoms with Crippen molar-refractivity contribution in [3.63, 3.8) is 0 Å². The molecule has 0 radical (unpaired) electrons. The van der Waals surface area contributed by atoms with Crippen molar-refractivity contribution in [3.8, 4) is 5.75 Å². The summed E-state index contributed by atoms with van der Waals surface area (Å²) in [6, 6.07) is 6.94. The number of ether oxygens (including phenoxy) is 1. The molecule has 0 spiro atoms. The Balaban J connectivity index is 2.17. The van der Waals surface area contributed by atoms with Gasteiger partial charge in [-0.05, 0) is 24.0 Å². The second-order valence-electron chi connectivity index (χ2n) is 4.56. The van der Waals surface area contributed by atoms with Gasteiger partial charge < -0.3 is 14.8 Å². The lowest BCUT2D eigenvalue weighted by atomic mass is 9.80. The van der Waals surface area contributed by atoms with Crippen LogP contribution < -0.4 is 10.2 Å². The van der Waals surface area contributed by atoms with E-state index < -0.39 is 7.12 Å². The Kier molecular flexibility index (Phi) is 7.54. The van der Waals surface area contributed by atoms with Crippen LogP contribution in [0.2, 0.25) is 0 Å². The standard InChI is InChI=1S/C14H23BO3/c1-2-3-4-5-6-7-11-18-14-10-8-9-13(12-14)15(16)17/h8-10,12,16-17H,2-7,11H2,1H3. The average molecular weight is 250 g/mol. The molecule has 0 bridgehead atoms. The highest BCUT2D eigenvalue weighted by molar-refractivity contribution is 6.58. The van der Waals surface area contributed by atoms with Crippen LogP contribution in [0.25, 0.3) is 0 Å². The van der Waals surface area contributed by atoms with Crippen LogP contribution in [-0.2, 0) is 0 Å². The maximum absolute atomic E-state index is 9.04. The van der Waals surface area contributed by atoms with Crippen LogP contribution in [0.1, 0.15) is 45.4 Å². The molecule has 0 unspecified atom stereocenters. The van der Waals surface area contributed by atoms with Crippen molar-refractivity contribution >= 4 is 12.6 Å². The van der Waals surface area contributed by atoms with Gasteiger partial charge in [-0.3, -0.25) is 0 Å². The van der Waals surface area contributed by atoms with Gasteiger partial charge in [0.1, 0.15) is 5.75 Å². The normalized spacial score (nSPS) is 10.4. The van der Waals surface area contributed by atoms with E-state index in [2.05, 4.69) is 6.92 Å². The minimum Gasteiger partial charge on any atom is -0.494 e. The van der Waals surface area contributed by atoms with Crippen LogP contribution in [0.15, 0.2) is 24.3 Å². The van der Waals surface area contributed by atoms with Crippen molar-refractivity contribution in [2.75, 3.05) is 6.61 Å². The van der Waals surface area contributed by atoms with E-state index in [9.17, 15) is 0 Å². The molecule has 3 nitrogen and oxygen atoms in total. The fourth-order valence-electron chi connectivity index (χ4n) is 1.84. The number of rotatable bonds is 9. The number of benzene rings is 1. The molecule has 100 valence electrons. The zero-order valence-corrected chi connectivity index (χ0v) is 11.1. The average Bonchev–Trinajstić information content (AvgIpc) is 2.38. The molecule has 0 aromatic heterocycles. The predicted molar refractivity (Wildman–Crippen MR) is 75.1 cm³/mol. The first-order valence-electron chi connectivity index (χ1n) is 6.83. The highest BCUT2D eigenvalue weighted by atomic mass is 16.5. The van der Waals surface area contributed by atoms with Gasteiger partial charge in [-0.15, -0.1) is 0 Å². The summed E-state index contributed by atoms with van der Waals surface area (Å²) in [5, 5.41) is 18.1. The zero-order chi connectivity index (χ0) is 13.2. The molecule has 1 aromatic rings. The lowest BCUT2D eigenvalue weighted by Gasteiger charge is -2.07. The fraction of sp³-hybridized carbons (Fsp3) is 0.571. The summed E-state index contributed by atoms with van der Waals surface area (Å²) in [4.78, 5) is 0. The molecule has 0 amide bonds. The van der Waals surface area contributed by atoms with E-state index in [1.54, 1.807) is 18.2 Å². The van der Waals surface area contributed by atoms with Crippen molar-refractivity contribution in [2.45, 2.75) is 45.4 Å². The van der Waals surface area contributed by atoms with E-state index in [4.69, 9.17) is 14.8 Å². The van der Waals surface area contributed by atoms with Gasteiger partial charge in [-0.1, -0.05) is 51.2 Å². The van der Waals surface area contributed by atoms with Gasteiger partial charge in [0, 0.05) is 0 Å². The zero-order valence-electron chi connectivity index (χ0n) is 11.1. The van der Waals surface area contributed by atoms with Crippen molar-refractivity contribution in [1.82, 2.24) is 0 Å². The summed E-state index contributed by atoms with van der Waals surface area (Å²) < 4.78 is 5.58. The van der Waals surface area contributed by atoms with Crippen LogP contribution in [0.3, 0.4) is 0 Å². The SMILES string of the molecule is CCCCCCCCOc1cccc(B(O)O)c1. The molecule has 0 saturated heterocycles. The van der Waals surface area contributed by atoms with E-state index in [1.165, 1.54) is 32.1 Å². The second kappa shape index (κ2) is 9.00. The third-order valence-electron chi connectivity index (χ3n) is 2.92. The molecule has 1 rings (SSSR count). The van der Waals surface area contributed by atoms with E-state index >= 15 is 0 Å². The molecule has 1 aromatic carbocycles. The highest BCUT2D eigenvalue weighted by Crippen LogP contribution is 2.10. The third kappa shape index (κ3) is 6.08. The van der Waals surface area contributed by atoms with E-state index in [1.807, 2.05) is 6.07 Å². The van der Waals surface area contributed by atoms with Crippen molar-refractivity contribution in [3.05, 3.63) is 24.3 Å². The Morgan fingerprint density at radius 3 is 2.50 bits per heavy atom. The molecule has 0 fully saturated rings. The summed E-state index contributed by atoms with van der Waals surface area (Å²) in [6.45, 7) is 2.91. The Morgan fingerprint density at radius 2 is 1.78 bits per heavy atom. The number of unbranched alkanes of at least 4 members (excludes halogenated alkanes) is 5. The Bertz CT molecular complexity index is 329. The van der Waals surface area contributed by atoms with Gasteiger partial charge in [-0.2, -0.15) is 0 Å². The van der Waals surface area contributed by atoms with E-state index in [-0.39, 0.29) is 0 Å². The highest BCUT2D eigenvalue weighted by Gasteiger charge is 2.10. The number of hydrogen-bond acceptors (Lipinski definition) is 3. The molecule has 0 atom stereocenters. The summed E-state index contributed by atoms with van der Waals surface area (Å²) >= 11 is 0. The molecule has 18 heavy (non-hydrogen) atoms. The van der Waals surface area contributed by atoms with Crippen LogP contribution >= 0.6 is 0 Å². The van der Waals surface area contributed by atoms with Gasteiger partial charge in [0.15, 0.2) is 0 Å². The first-order valence-corrected chi connectivity index (χ1v) is 6.83. The molecule has 0 aliphatic carbocycles. The Morgan fingerprint density at radius 1 is 1.06 bits per heavy atom. The minimum absolute atomic E-state index is 0.468. The van der Waals surface area contributed by atoms with Gasteiger partial charge in [-0.25, -0.2) is 0 Å². The summed E-state index contributed by atoms with van der Waals surface area (Å²) in [7, 11) is -1.43. The maximum Gasteiger partial charge on any atom is 0.488 e. The summed E-state index contributed by atoms with van der Waals surface area (Å²) in [5.41, 5.74) is 0.468. The van der Waals surface area contributed by atoms with Crippen LogP contribution in [0, 0.1) is 0 Å². The third-order valence-corrected chi connectivity index (χ3v) is 2.92. The van der Waals surface area contributed by atoms with Crippen molar-refractivity contribution in [2.24, 2.45) is 0 Å². The largest absolute Gasteiger partial charge is 0.494 e. The van der Waals surface area contributed by atoms with Gasteiger partial charge in [0.05, 0.1) is 6.61 Å². The smallest absolute Gasteiger partial charge is 0.488 e. The summed E-state index contributed by atoms with van der Waals surface area (Å²) in [6.07, 6.45) is 7.41. The Labute approximate surface area is 110 Å². The maximum atomic E-state index is 9.04. The molecular weight excluding hydrogens is 227 g/mol. The van der Waals surface area contributed by atoms with Gasteiger partial charge in [0.2, 0.25) is 0 Å². The molecule has 0 aliphatic heterocycles. The second-order valence-corrected chi connectivity index (χ2v) is 4.56. The molecule has 0 heterocycles. The molecule has 2 N–H and O–H groups in total. The molecule has 0 saturated carbocycles. The van der Waals surface area contributed by atoms with Crippen molar-refractivity contribution < 1.29 is 14.8 Å². The fourth-order valence-corrected chi connectivity index (χ4v) is 1.84. The Hall–Kier alpha value is -0.995. The lowest BCUT2D eigenvalue weighted by Crippen LogP contribution is -2.29. The first kappa shape index (κ1) is 15.1. The molecular formula is C14H23BO3. The monoisotopic (exact) mass is 250 g/mol. The van der Waals surface area contributed by atoms with E-state index in [0.717, 1.165) is 6.42 Å². The first-order chi connectivity index (χ1) is 8.74. The van der Waals surface area contributed by atoms with Crippen LogP contribution in [-0.4, -0.2) is 23.8 Å². The van der Waals surface area contributed by atoms with Crippen LogP contribution in [0.4, 0.5) is 0 Å². The van der Waals surface area contributed by atoms with E-state index in [0.29, 0.717) is 17.8 Å². The molecule has 4 heteroatoms. The topological polar surface area (TPSA) is 49.7 Å². The lowest BCUT2D eigenvalue weighted by molar-refractivity contribution is 0.304. The predicted octanol–water partition coefficient (Wildman–Crippen LogP) is 2.11.